The van der Waals surface area contributed by atoms with Gasteiger partial charge < -0.3 is 14.7 Å². The van der Waals surface area contributed by atoms with Gasteiger partial charge in [0.2, 0.25) is 0 Å². The molecule has 22 heavy (non-hydrogen) atoms. The zero-order valence-electron chi connectivity index (χ0n) is 11.9. The maximum atomic E-state index is 12.4. The first-order chi connectivity index (χ1) is 10.2. The van der Waals surface area contributed by atoms with Gasteiger partial charge in [-0.3, -0.25) is 9.59 Å². The summed E-state index contributed by atoms with van der Waals surface area (Å²) in [6.45, 7) is 1.71. The lowest BCUT2D eigenvalue weighted by molar-refractivity contribution is -0.139. The van der Waals surface area contributed by atoms with E-state index in [1.54, 1.807) is 6.92 Å². The van der Waals surface area contributed by atoms with E-state index in [1.807, 2.05) is 0 Å². The number of benzene rings is 1. The molecule has 0 atom stereocenters. The Labute approximate surface area is 125 Å². The minimum absolute atomic E-state index is 0.0566. The second-order valence-electron chi connectivity index (χ2n) is 4.43. The van der Waals surface area contributed by atoms with Crippen molar-refractivity contribution < 1.29 is 32.6 Å². The molecule has 0 bridgehead atoms. The van der Waals surface area contributed by atoms with Gasteiger partial charge in [0.1, 0.15) is 5.75 Å². The Kier molecular flexibility index (Phi) is 6.21. The number of likely N-dealkylation sites (N-methyl/N-ethyl adjacent to an activating group) is 1. The molecule has 8 heteroatoms. The fourth-order valence-corrected chi connectivity index (χ4v) is 1.67. The van der Waals surface area contributed by atoms with Crippen molar-refractivity contribution in [3.8, 4) is 5.75 Å². The van der Waals surface area contributed by atoms with E-state index in [-0.39, 0.29) is 25.3 Å². The third-order valence-electron chi connectivity index (χ3n) is 2.87. The van der Waals surface area contributed by atoms with Gasteiger partial charge >= 0.3 is 12.1 Å². The predicted molar refractivity (Wildman–Crippen MR) is 71.4 cm³/mol. The zero-order valence-corrected chi connectivity index (χ0v) is 11.9. The van der Waals surface area contributed by atoms with Crippen LogP contribution in [0.3, 0.4) is 0 Å². The molecule has 0 saturated heterocycles. The molecule has 1 amide bonds. The number of carbonyl (C=O) groups excluding carboxylic acids is 1. The molecule has 1 aromatic carbocycles. The van der Waals surface area contributed by atoms with Gasteiger partial charge in [0.05, 0.1) is 12.0 Å². The number of carboxylic acids is 1. The van der Waals surface area contributed by atoms with E-state index in [0.717, 1.165) is 24.3 Å². The number of halogens is 3. The van der Waals surface area contributed by atoms with Crippen LogP contribution < -0.4 is 4.74 Å². The van der Waals surface area contributed by atoms with Gasteiger partial charge in [-0.05, 0) is 31.2 Å². The minimum Gasteiger partial charge on any atom is -0.484 e. The van der Waals surface area contributed by atoms with Crippen LogP contribution in [0.1, 0.15) is 18.9 Å². The van der Waals surface area contributed by atoms with Crippen molar-refractivity contribution >= 4 is 11.9 Å². The maximum absolute atomic E-state index is 12.4. The second kappa shape index (κ2) is 7.67. The van der Waals surface area contributed by atoms with E-state index in [9.17, 15) is 22.8 Å². The van der Waals surface area contributed by atoms with Crippen LogP contribution in [-0.4, -0.2) is 41.6 Å². The Morgan fingerprint density at radius 1 is 1.23 bits per heavy atom. The van der Waals surface area contributed by atoms with Crippen LogP contribution in [-0.2, 0) is 15.8 Å². The van der Waals surface area contributed by atoms with Crippen LogP contribution in [0.2, 0.25) is 0 Å². The first-order valence-corrected chi connectivity index (χ1v) is 6.53. The number of alkyl halides is 3. The smallest absolute Gasteiger partial charge is 0.416 e. The molecular formula is C14H16F3NO4. The van der Waals surface area contributed by atoms with Crippen LogP contribution in [0.25, 0.3) is 0 Å². The second-order valence-corrected chi connectivity index (χ2v) is 4.43. The Morgan fingerprint density at radius 2 is 1.82 bits per heavy atom. The molecule has 1 aromatic rings. The van der Waals surface area contributed by atoms with Gasteiger partial charge in [0.15, 0.2) is 6.61 Å². The zero-order chi connectivity index (χ0) is 16.8. The highest BCUT2D eigenvalue weighted by Crippen LogP contribution is 2.30. The monoisotopic (exact) mass is 319 g/mol. The van der Waals surface area contributed by atoms with Crippen molar-refractivity contribution in [3.63, 3.8) is 0 Å². The summed E-state index contributed by atoms with van der Waals surface area (Å²) in [5.41, 5.74) is -0.803. The average Bonchev–Trinajstić information content (AvgIpc) is 2.45. The Hall–Kier alpha value is -2.25. The Morgan fingerprint density at radius 3 is 2.27 bits per heavy atom. The standard InChI is InChI=1S/C14H16F3NO4/c1-2-18(8-7-13(20)21)12(19)9-22-11-5-3-10(4-6-11)14(15,16)17/h3-6H,2,7-9H2,1H3,(H,20,21). The quantitative estimate of drug-likeness (QED) is 0.838. The fraction of sp³-hybridized carbons (Fsp3) is 0.429. The van der Waals surface area contributed by atoms with Gasteiger partial charge in [0, 0.05) is 13.1 Å². The summed E-state index contributed by atoms with van der Waals surface area (Å²) in [5, 5.41) is 8.58. The Bertz CT molecular complexity index is 514. The molecule has 0 saturated carbocycles. The molecular weight excluding hydrogens is 303 g/mol. The molecule has 1 rings (SSSR count). The first kappa shape index (κ1) is 17.8. The van der Waals surface area contributed by atoms with E-state index < -0.39 is 23.6 Å². The molecule has 0 radical (unpaired) electrons. The van der Waals surface area contributed by atoms with Crippen molar-refractivity contribution in [3.05, 3.63) is 29.8 Å². The molecule has 0 aliphatic rings. The molecule has 0 unspecified atom stereocenters. The van der Waals surface area contributed by atoms with Gasteiger partial charge in [0.25, 0.3) is 5.91 Å². The molecule has 0 aliphatic carbocycles. The van der Waals surface area contributed by atoms with Crippen LogP contribution >= 0.6 is 0 Å². The molecule has 5 nitrogen and oxygen atoms in total. The normalized spacial score (nSPS) is 11.1. The van der Waals surface area contributed by atoms with Gasteiger partial charge in [-0.15, -0.1) is 0 Å². The molecule has 0 spiro atoms. The number of carbonyl (C=O) groups is 2. The van der Waals surface area contributed by atoms with Crippen LogP contribution in [0.5, 0.6) is 5.75 Å². The van der Waals surface area contributed by atoms with E-state index >= 15 is 0 Å². The van der Waals surface area contributed by atoms with Gasteiger partial charge in [-0.2, -0.15) is 13.2 Å². The lowest BCUT2D eigenvalue weighted by atomic mass is 10.2. The van der Waals surface area contributed by atoms with E-state index in [1.165, 1.54) is 4.90 Å². The summed E-state index contributed by atoms with van der Waals surface area (Å²) in [5.74, 6) is -1.31. The number of nitrogens with zero attached hydrogens (tertiary/aromatic N) is 1. The highest BCUT2D eigenvalue weighted by atomic mass is 19.4. The molecule has 1 N–H and O–H groups in total. The molecule has 122 valence electrons. The lowest BCUT2D eigenvalue weighted by Gasteiger charge is -2.20. The SMILES string of the molecule is CCN(CCC(=O)O)C(=O)COc1ccc(C(F)(F)F)cc1. The lowest BCUT2D eigenvalue weighted by Crippen LogP contribution is -2.36. The molecule has 0 aliphatic heterocycles. The van der Waals surface area contributed by atoms with Gasteiger partial charge in [-0.25, -0.2) is 0 Å². The largest absolute Gasteiger partial charge is 0.484 e. The van der Waals surface area contributed by atoms with Gasteiger partial charge in [-0.1, -0.05) is 0 Å². The van der Waals surface area contributed by atoms with E-state index in [0.29, 0.717) is 6.54 Å². The third kappa shape index (κ3) is 5.63. The van der Waals surface area contributed by atoms with E-state index in [2.05, 4.69) is 0 Å². The third-order valence-corrected chi connectivity index (χ3v) is 2.87. The van der Waals surface area contributed by atoms with Crippen molar-refractivity contribution in [2.45, 2.75) is 19.5 Å². The molecule has 0 aromatic heterocycles. The van der Waals surface area contributed by atoms with Crippen LogP contribution in [0.4, 0.5) is 13.2 Å². The van der Waals surface area contributed by atoms with Crippen molar-refractivity contribution in [2.75, 3.05) is 19.7 Å². The number of hydrogen-bond acceptors (Lipinski definition) is 3. The van der Waals surface area contributed by atoms with E-state index in [4.69, 9.17) is 9.84 Å². The number of rotatable bonds is 7. The summed E-state index contributed by atoms with van der Waals surface area (Å²) < 4.78 is 42.3. The highest BCUT2D eigenvalue weighted by Gasteiger charge is 2.30. The molecule has 0 fully saturated rings. The average molecular weight is 319 g/mol. The summed E-state index contributed by atoms with van der Waals surface area (Å²) >= 11 is 0. The van der Waals surface area contributed by atoms with Crippen molar-refractivity contribution in [1.82, 2.24) is 4.90 Å². The summed E-state index contributed by atoms with van der Waals surface area (Å²) in [6, 6.07) is 3.98. The summed E-state index contributed by atoms with van der Waals surface area (Å²) in [6.07, 6.45) is -4.61. The highest BCUT2D eigenvalue weighted by molar-refractivity contribution is 5.78. The number of aliphatic carboxylic acids is 1. The Balaban J connectivity index is 2.54. The topological polar surface area (TPSA) is 66.8 Å². The number of ether oxygens (including phenoxy) is 1. The van der Waals surface area contributed by atoms with Crippen molar-refractivity contribution in [1.29, 1.82) is 0 Å². The van der Waals surface area contributed by atoms with Crippen molar-refractivity contribution in [2.24, 2.45) is 0 Å². The maximum Gasteiger partial charge on any atom is 0.416 e. The number of carboxylic acid groups (broad SMARTS) is 1. The summed E-state index contributed by atoms with van der Waals surface area (Å²) in [4.78, 5) is 23.6. The first-order valence-electron chi connectivity index (χ1n) is 6.53. The van der Waals surface area contributed by atoms with Crippen LogP contribution in [0.15, 0.2) is 24.3 Å². The summed E-state index contributed by atoms with van der Waals surface area (Å²) in [7, 11) is 0. The number of hydrogen-bond donors (Lipinski definition) is 1. The minimum atomic E-state index is -4.43. The predicted octanol–water partition coefficient (Wildman–Crippen LogP) is 2.41. The number of amides is 1. The molecule has 0 heterocycles. The van der Waals surface area contributed by atoms with Crippen LogP contribution in [0, 0.1) is 0 Å². The fourth-order valence-electron chi connectivity index (χ4n) is 1.67.